The number of aromatic nitrogens is 2. The summed E-state index contributed by atoms with van der Waals surface area (Å²) in [5, 5.41) is 10.5. The Bertz CT molecular complexity index is 1250. The third kappa shape index (κ3) is 3.77. The topological polar surface area (TPSA) is 66.0 Å². The molecule has 2 aliphatic rings. The molecule has 1 saturated heterocycles. The molecule has 32 heavy (non-hydrogen) atoms. The minimum atomic E-state index is -0.0726. The summed E-state index contributed by atoms with van der Waals surface area (Å²) in [6.07, 6.45) is 4.38. The number of rotatable bonds is 5. The number of anilines is 2. The number of aromatic hydroxyl groups is 1. The average Bonchev–Trinajstić information content (AvgIpc) is 3.64. The summed E-state index contributed by atoms with van der Waals surface area (Å²) >= 11 is 0. The average molecular weight is 430 g/mol. The van der Waals surface area contributed by atoms with Crippen molar-refractivity contribution in [2.24, 2.45) is 13.0 Å². The van der Waals surface area contributed by atoms with E-state index in [1.807, 2.05) is 24.3 Å². The molecule has 0 amide bonds. The number of phenolic OH excluding ortho intramolecular Hbond substituents is 1. The minimum Gasteiger partial charge on any atom is -0.506 e. The van der Waals surface area contributed by atoms with E-state index in [1.165, 1.54) is 12.8 Å². The number of para-hydroxylation sites is 2. The maximum Gasteiger partial charge on any atom is 0.270 e. The van der Waals surface area contributed by atoms with Crippen LogP contribution in [0.15, 0.2) is 47.3 Å². The Morgan fingerprint density at radius 3 is 2.59 bits per heavy atom. The molecule has 0 bridgehead atoms. The van der Waals surface area contributed by atoms with Crippen LogP contribution in [0.3, 0.4) is 0 Å². The third-order valence-electron chi connectivity index (χ3n) is 6.76. The van der Waals surface area contributed by atoms with E-state index < -0.39 is 0 Å². The Hall–Kier alpha value is -3.53. The summed E-state index contributed by atoms with van der Waals surface area (Å²) in [5.41, 5.74) is 3.10. The van der Waals surface area contributed by atoms with Crippen LogP contribution in [0.1, 0.15) is 25.7 Å². The molecular weight excluding hydrogens is 402 g/mol. The van der Waals surface area contributed by atoms with Gasteiger partial charge in [0.1, 0.15) is 5.75 Å². The first-order chi connectivity index (χ1) is 15.5. The first-order valence-electron chi connectivity index (χ1n) is 11.2. The van der Waals surface area contributed by atoms with Crippen LogP contribution in [-0.4, -0.2) is 40.3 Å². The van der Waals surface area contributed by atoms with E-state index in [0.29, 0.717) is 29.0 Å². The Balaban J connectivity index is 1.42. The molecule has 7 nitrogen and oxygen atoms in total. The van der Waals surface area contributed by atoms with Crippen LogP contribution in [0, 0.1) is 12.5 Å². The van der Waals surface area contributed by atoms with Crippen molar-refractivity contribution in [2.45, 2.75) is 31.7 Å². The smallest absolute Gasteiger partial charge is 0.270 e. The quantitative estimate of drug-likeness (QED) is 0.619. The molecule has 1 aliphatic heterocycles. The molecule has 3 aromatic rings. The van der Waals surface area contributed by atoms with Gasteiger partial charge < -0.3 is 24.3 Å². The van der Waals surface area contributed by atoms with Gasteiger partial charge in [-0.2, -0.15) is 0 Å². The van der Waals surface area contributed by atoms with Crippen molar-refractivity contribution in [1.82, 2.24) is 9.55 Å². The zero-order chi connectivity index (χ0) is 22.2. The van der Waals surface area contributed by atoms with Crippen molar-refractivity contribution in [2.75, 3.05) is 29.4 Å². The second-order valence-electron chi connectivity index (χ2n) is 8.88. The fraction of sp³-hybridized carbons (Fsp3) is 0.400. The van der Waals surface area contributed by atoms with Crippen LogP contribution < -0.4 is 15.4 Å². The van der Waals surface area contributed by atoms with Crippen molar-refractivity contribution < 1.29 is 5.11 Å². The maximum atomic E-state index is 12.6. The van der Waals surface area contributed by atoms with Crippen molar-refractivity contribution >= 4 is 28.2 Å². The van der Waals surface area contributed by atoms with Crippen LogP contribution in [-0.2, 0) is 7.05 Å². The number of piperidine rings is 1. The molecule has 0 spiro atoms. The van der Waals surface area contributed by atoms with Crippen molar-refractivity contribution in [1.29, 1.82) is 0 Å². The predicted octanol–water partition coefficient (Wildman–Crippen LogP) is 4.08. The van der Waals surface area contributed by atoms with E-state index in [1.54, 1.807) is 29.8 Å². The molecule has 1 aromatic carbocycles. The van der Waals surface area contributed by atoms with Gasteiger partial charge in [-0.1, -0.05) is 18.7 Å². The summed E-state index contributed by atoms with van der Waals surface area (Å²) in [6, 6.07) is 13.1. The van der Waals surface area contributed by atoms with Gasteiger partial charge in [-0.25, -0.2) is 0 Å². The van der Waals surface area contributed by atoms with E-state index in [-0.39, 0.29) is 5.56 Å². The van der Waals surface area contributed by atoms with Gasteiger partial charge >= 0.3 is 0 Å². The normalized spacial score (nSPS) is 16.8. The monoisotopic (exact) mass is 429 g/mol. The maximum absolute atomic E-state index is 12.6. The van der Waals surface area contributed by atoms with E-state index in [2.05, 4.69) is 19.6 Å². The largest absolute Gasteiger partial charge is 0.506 e. The van der Waals surface area contributed by atoms with Crippen LogP contribution >= 0.6 is 0 Å². The highest BCUT2D eigenvalue weighted by molar-refractivity contribution is 5.89. The molecule has 0 atom stereocenters. The van der Waals surface area contributed by atoms with Crippen LogP contribution in [0.2, 0.25) is 0 Å². The zero-order valence-electron chi connectivity index (χ0n) is 18.2. The van der Waals surface area contributed by atoms with Crippen molar-refractivity contribution in [3.05, 3.63) is 64.2 Å². The lowest BCUT2D eigenvalue weighted by atomic mass is 10.0. The van der Waals surface area contributed by atoms with Crippen molar-refractivity contribution in [3.8, 4) is 5.75 Å². The van der Waals surface area contributed by atoms with Gasteiger partial charge in [0.15, 0.2) is 0 Å². The molecule has 7 heteroatoms. The fourth-order valence-electron chi connectivity index (χ4n) is 4.75. The lowest BCUT2D eigenvalue weighted by Crippen LogP contribution is -2.46. The zero-order valence-corrected chi connectivity index (χ0v) is 18.2. The highest BCUT2D eigenvalue weighted by atomic mass is 16.3. The molecule has 2 fully saturated rings. The van der Waals surface area contributed by atoms with Gasteiger partial charge in [-0.05, 0) is 55.9 Å². The molecule has 2 aromatic heterocycles. The van der Waals surface area contributed by atoms with Gasteiger partial charge in [0.05, 0.1) is 16.9 Å². The molecule has 1 saturated carbocycles. The van der Waals surface area contributed by atoms with Gasteiger partial charge in [0, 0.05) is 38.8 Å². The molecule has 1 N–H and O–H groups in total. The predicted molar refractivity (Wildman–Crippen MR) is 127 cm³/mol. The number of benzene rings is 1. The fourth-order valence-corrected chi connectivity index (χ4v) is 4.75. The molecule has 164 valence electrons. The first-order valence-corrected chi connectivity index (χ1v) is 11.2. The summed E-state index contributed by atoms with van der Waals surface area (Å²) < 4.78 is 1.59. The van der Waals surface area contributed by atoms with Gasteiger partial charge in [0.25, 0.3) is 11.4 Å². The standard InChI is InChI=1S/C25H27N5O2/c1-26-23-10-9-20-25(27-23)21(15-24(32)28(20)2)29-13-11-18(12-14-29)30(16-17-7-8-17)19-5-3-4-6-22(19)31/h3-6,9-10,15,17-18,31H,7-8,11-14,16H2,2H3. The van der Waals surface area contributed by atoms with E-state index in [4.69, 9.17) is 6.57 Å². The third-order valence-corrected chi connectivity index (χ3v) is 6.76. The van der Waals surface area contributed by atoms with Gasteiger partial charge in [0.2, 0.25) is 5.52 Å². The second-order valence-corrected chi connectivity index (χ2v) is 8.88. The molecule has 1 aliphatic carbocycles. The van der Waals surface area contributed by atoms with Gasteiger partial charge in [-0.15, -0.1) is 4.98 Å². The Labute approximate surface area is 187 Å². The lowest BCUT2D eigenvalue weighted by molar-refractivity contribution is 0.440. The molecule has 0 unspecified atom stereocenters. The second kappa shape index (κ2) is 8.19. The molecule has 0 radical (unpaired) electrons. The Kier molecular flexibility index (Phi) is 5.22. The summed E-state index contributed by atoms with van der Waals surface area (Å²) in [4.78, 5) is 25.2. The minimum absolute atomic E-state index is 0.0726. The van der Waals surface area contributed by atoms with E-state index in [0.717, 1.165) is 49.4 Å². The lowest BCUT2D eigenvalue weighted by Gasteiger charge is -2.40. The molecular formula is C25H27N5O2. The van der Waals surface area contributed by atoms with Crippen LogP contribution in [0.25, 0.3) is 15.9 Å². The summed E-state index contributed by atoms with van der Waals surface area (Å²) in [7, 11) is 1.74. The van der Waals surface area contributed by atoms with Crippen molar-refractivity contribution in [3.63, 3.8) is 0 Å². The highest BCUT2D eigenvalue weighted by Gasteiger charge is 2.32. The summed E-state index contributed by atoms with van der Waals surface area (Å²) in [5.74, 6) is 1.39. The molecule has 5 rings (SSSR count). The number of hydrogen-bond acceptors (Lipinski definition) is 5. The summed E-state index contributed by atoms with van der Waals surface area (Å²) in [6.45, 7) is 9.89. The highest BCUT2D eigenvalue weighted by Crippen LogP contribution is 2.38. The molecule has 3 heterocycles. The number of hydrogen-bond donors (Lipinski definition) is 1. The van der Waals surface area contributed by atoms with E-state index >= 15 is 0 Å². The SMILES string of the molecule is [C-]#[N+]c1ccc2c(n1)c(N1CCC(N(CC3CC3)c3ccccc3O)CC1)cc(=O)n2C. The first kappa shape index (κ1) is 20.4. The van der Waals surface area contributed by atoms with Crippen LogP contribution in [0.4, 0.5) is 17.2 Å². The number of fused-ring (bicyclic) bond motifs is 1. The van der Waals surface area contributed by atoms with E-state index in [9.17, 15) is 9.90 Å². The van der Waals surface area contributed by atoms with Gasteiger partial charge in [-0.3, -0.25) is 4.79 Å². The number of nitrogens with zero attached hydrogens (tertiary/aromatic N) is 5. The number of pyridine rings is 2. The number of phenols is 1. The van der Waals surface area contributed by atoms with Crippen LogP contribution in [0.5, 0.6) is 5.75 Å². The Morgan fingerprint density at radius 1 is 1.16 bits per heavy atom. The number of aryl methyl sites for hydroxylation is 1. The Morgan fingerprint density at radius 2 is 1.91 bits per heavy atom.